The van der Waals surface area contributed by atoms with Crippen LogP contribution < -0.4 is 123 Å². The minimum atomic E-state index is -1.18. The van der Waals surface area contributed by atoms with Gasteiger partial charge in [0.25, 0.3) is 0 Å². The molecule has 10 nitrogen and oxygen atoms in total. The summed E-state index contributed by atoms with van der Waals surface area (Å²) in [6.45, 7) is 4.32. The molecule has 0 unspecified atom stereocenters. The molecule has 1 aromatic heterocycles. The van der Waals surface area contributed by atoms with Gasteiger partial charge in [0.2, 0.25) is 17.8 Å². The third-order valence-electron chi connectivity index (χ3n) is 2.54. The van der Waals surface area contributed by atoms with Crippen molar-refractivity contribution in [3.63, 3.8) is 0 Å². The number of hydrogen-bond acceptors (Lipinski definition) is 10. The Kier molecular flexibility index (Phi) is 18.5. The first-order valence-corrected chi connectivity index (χ1v) is 6.80. The van der Waals surface area contributed by atoms with Crippen LogP contribution >= 0.6 is 0 Å². The van der Waals surface area contributed by atoms with Gasteiger partial charge in [0.15, 0.2) is 0 Å². The van der Waals surface area contributed by atoms with Crippen LogP contribution in [0.25, 0.3) is 0 Å². The Morgan fingerprint density at radius 3 is 2.08 bits per heavy atom. The zero-order valence-corrected chi connectivity index (χ0v) is 20.4. The fourth-order valence-electron chi connectivity index (χ4n) is 1.61. The Balaban J connectivity index is 0. The van der Waals surface area contributed by atoms with E-state index in [1.165, 1.54) is 0 Å². The number of anilines is 3. The van der Waals surface area contributed by atoms with E-state index < -0.39 is 5.97 Å². The molecular weight excluding hydrogens is 370 g/mol. The van der Waals surface area contributed by atoms with Crippen molar-refractivity contribution in [1.82, 2.24) is 15.0 Å². The van der Waals surface area contributed by atoms with Crippen molar-refractivity contribution in [3.05, 3.63) is 6.92 Å². The first kappa shape index (κ1) is 27.3. The van der Waals surface area contributed by atoms with Crippen molar-refractivity contribution in [2.45, 2.75) is 6.42 Å². The number of aliphatic hydroxyl groups excluding tert-OH is 2. The Morgan fingerprint density at radius 2 is 1.62 bits per heavy atom. The second-order valence-electron chi connectivity index (χ2n) is 4.19. The van der Waals surface area contributed by atoms with Gasteiger partial charge < -0.3 is 42.6 Å². The third-order valence-corrected chi connectivity index (χ3v) is 2.54. The molecule has 0 amide bonds. The number of aliphatic hydroxyl groups is 2. The van der Waals surface area contributed by atoms with Crippen molar-refractivity contribution in [1.29, 1.82) is 0 Å². The van der Waals surface area contributed by atoms with Crippen LogP contribution in [0.5, 0.6) is 0 Å². The molecule has 0 radical (unpaired) electrons. The summed E-state index contributed by atoms with van der Waals surface area (Å²) < 4.78 is 0. The number of carboxylic acids is 1. The van der Waals surface area contributed by atoms with E-state index in [1.54, 1.807) is 4.90 Å². The number of hydrogen-bond donors (Lipinski definition) is 4. The number of carboxylic acid groups (broad SMARTS) is 1. The smallest absolute Gasteiger partial charge is 0.550 e. The van der Waals surface area contributed by atoms with Gasteiger partial charge in [-0.05, 0) is 0 Å². The maximum atomic E-state index is 10.4. The minimum absolute atomic E-state index is 0. The number of aliphatic carboxylic acids is 1. The van der Waals surface area contributed by atoms with Crippen molar-refractivity contribution < 1.29 is 123 Å². The van der Waals surface area contributed by atoms with Crippen LogP contribution in [0.4, 0.5) is 17.8 Å². The molecule has 12 heteroatoms. The number of nitrogens with zero attached hydrogens (tertiary/aromatic N) is 4. The second-order valence-corrected chi connectivity index (χ2v) is 4.19. The summed E-state index contributed by atoms with van der Waals surface area (Å²) in [5, 5.41) is 34.1. The summed E-state index contributed by atoms with van der Waals surface area (Å²) in [5.74, 6) is -0.481. The SMILES string of the molecule is [CH2-]CNc1nc(NCCC(=O)[O-])nc(N(CCO)CCO)n1.[K+].[K+]. The molecule has 124 valence electrons. The van der Waals surface area contributed by atoms with Crippen LogP contribution in [0.15, 0.2) is 0 Å². The number of rotatable bonds is 11. The molecule has 24 heavy (non-hydrogen) atoms. The standard InChI is InChI=1S/C12H21N6O4.2K/c1-2-13-10-15-11(14-4-3-9(21)22)17-12(16-10)18(5-7-19)6-8-20;;/h19-20H,1-8H2,(H,21,22)(H2,13,14,15,16,17);;/q-1;2*+1/p-1. The Morgan fingerprint density at radius 1 is 1.08 bits per heavy atom. The van der Waals surface area contributed by atoms with Gasteiger partial charge in [-0.1, -0.05) is 0 Å². The summed E-state index contributed by atoms with van der Waals surface area (Å²) in [6, 6.07) is 0. The fourth-order valence-corrected chi connectivity index (χ4v) is 1.61. The van der Waals surface area contributed by atoms with Gasteiger partial charge >= 0.3 is 103 Å². The molecule has 0 aromatic carbocycles. The molecule has 0 aliphatic carbocycles. The molecule has 1 heterocycles. The van der Waals surface area contributed by atoms with Gasteiger partial charge in [-0.2, -0.15) is 15.0 Å². The monoisotopic (exact) mass is 390 g/mol. The molecule has 0 bridgehead atoms. The molecule has 0 atom stereocenters. The third kappa shape index (κ3) is 10.9. The van der Waals surface area contributed by atoms with Gasteiger partial charge in [-0.25, -0.2) is 0 Å². The number of carbonyl (C=O) groups excluding carboxylic acids is 1. The normalized spacial score (nSPS) is 9.46. The summed E-state index contributed by atoms with van der Waals surface area (Å²) in [4.78, 5) is 24.4. The van der Waals surface area contributed by atoms with Crippen LogP contribution in [0.1, 0.15) is 6.42 Å². The summed E-state index contributed by atoms with van der Waals surface area (Å²) >= 11 is 0. The Bertz CT molecular complexity index is 477. The van der Waals surface area contributed by atoms with E-state index in [0.29, 0.717) is 6.54 Å². The van der Waals surface area contributed by atoms with Crippen LogP contribution in [0.2, 0.25) is 0 Å². The van der Waals surface area contributed by atoms with E-state index in [2.05, 4.69) is 32.5 Å². The van der Waals surface area contributed by atoms with E-state index in [0.717, 1.165) is 0 Å². The van der Waals surface area contributed by atoms with E-state index in [1.807, 2.05) is 0 Å². The van der Waals surface area contributed by atoms with E-state index in [9.17, 15) is 9.90 Å². The Labute approximate surface area is 226 Å². The predicted molar refractivity (Wildman–Crippen MR) is 78.2 cm³/mol. The molecule has 1 aromatic rings. The largest absolute Gasteiger partial charge is 1.00 e. The van der Waals surface area contributed by atoms with Crippen molar-refractivity contribution in [2.75, 3.05) is 54.9 Å². The van der Waals surface area contributed by atoms with Crippen LogP contribution in [-0.4, -0.2) is 70.5 Å². The molecule has 0 aliphatic heterocycles. The zero-order chi connectivity index (χ0) is 16.4. The first-order chi connectivity index (χ1) is 10.6. The summed E-state index contributed by atoms with van der Waals surface area (Å²) in [6.07, 6.45) is -0.184. The number of nitrogens with one attached hydrogen (secondary N) is 2. The van der Waals surface area contributed by atoms with Gasteiger partial charge in [-0.3, -0.25) is 0 Å². The fraction of sp³-hybridized carbons (Fsp3) is 0.583. The average molecular weight is 391 g/mol. The molecule has 0 saturated carbocycles. The van der Waals surface area contributed by atoms with Crippen LogP contribution in [0.3, 0.4) is 0 Å². The average Bonchev–Trinajstić information content (AvgIpc) is 2.47. The maximum absolute atomic E-state index is 10.4. The van der Waals surface area contributed by atoms with E-state index >= 15 is 0 Å². The van der Waals surface area contributed by atoms with Crippen LogP contribution in [-0.2, 0) is 4.79 Å². The Hall–Kier alpha value is 1.07. The zero-order valence-electron chi connectivity index (χ0n) is 14.2. The van der Waals surface area contributed by atoms with Crippen molar-refractivity contribution in [2.24, 2.45) is 0 Å². The van der Waals surface area contributed by atoms with E-state index in [-0.39, 0.29) is 160 Å². The molecular formula is C12H20K2N6O4. The summed E-state index contributed by atoms with van der Waals surface area (Å²) in [7, 11) is 0. The number of aromatic nitrogens is 3. The first-order valence-electron chi connectivity index (χ1n) is 6.80. The number of carbonyl (C=O) groups is 1. The van der Waals surface area contributed by atoms with Crippen LogP contribution in [0, 0.1) is 6.92 Å². The van der Waals surface area contributed by atoms with Crippen molar-refractivity contribution >= 4 is 23.8 Å². The van der Waals surface area contributed by atoms with Gasteiger partial charge in [0.1, 0.15) is 0 Å². The van der Waals surface area contributed by atoms with Gasteiger partial charge in [-0.15, -0.1) is 6.54 Å². The van der Waals surface area contributed by atoms with Crippen molar-refractivity contribution in [3.8, 4) is 0 Å². The topological polar surface area (TPSA) is 147 Å². The predicted octanol–water partition coefficient (Wildman–Crippen LogP) is -8.53. The molecule has 0 fully saturated rings. The maximum Gasteiger partial charge on any atom is 1.00 e. The molecule has 0 saturated heterocycles. The molecule has 0 spiro atoms. The molecule has 1 rings (SSSR count). The van der Waals surface area contributed by atoms with Gasteiger partial charge in [0, 0.05) is 32.0 Å². The molecule has 0 aliphatic rings. The second kappa shape index (κ2) is 16.3. The summed E-state index contributed by atoms with van der Waals surface area (Å²) in [5.41, 5.74) is 0. The molecule has 4 N–H and O–H groups in total. The van der Waals surface area contributed by atoms with Gasteiger partial charge in [0.05, 0.1) is 13.2 Å². The quantitative estimate of drug-likeness (QED) is 0.212. The van der Waals surface area contributed by atoms with E-state index in [4.69, 9.17) is 10.2 Å². The minimum Gasteiger partial charge on any atom is -0.550 e.